The highest BCUT2D eigenvalue weighted by Gasteiger charge is 2.36. The van der Waals surface area contributed by atoms with Crippen molar-refractivity contribution in [2.24, 2.45) is 5.92 Å². The molecule has 0 aromatic carbocycles. The number of alkyl halides is 3. The van der Waals surface area contributed by atoms with Gasteiger partial charge in [-0.2, -0.15) is 13.2 Å². The standard InChI is InChI=1S/C12H19F3N2O3/c1-2-5-16(8-12(13,14)15)11(20)17(7-10(18)19)6-9-3-4-9/h9H,2-8H2,1H3,(H,18,19). The van der Waals surface area contributed by atoms with E-state index in [-0.39, 0.29) is 19.0 Å². The van der Waals surface area contributed by atoms with Gasteiger partial charge in [0, 0.05) is 13.1 Å². The minimum absolute atomic E-state index is 0.0425. The number of nitrogens with zero attached hydrogens (tertiary/aromatic N) is 2. The molecule has 0 atom stereocenters. The number of carbonyl (C=O) groups is 2. The number of carboxylic acids is 1. The fourth-order valence-electron chi connectivity index (χ4n) is 1.91. The van der Waals surface area contributed by atoms with Crippen molar-refractivity contribution in [2.45, 2.75) is 32.4 Å². The first-order valence-electron chi connectivity index (χ1n) is 6.55. The molecular formula is C12H19F3N2O3. The molecular weight excluding hydrogens is 277 g/mol. The van der Waals surface area contributed by atoms with Gasteiger partial charge in [-0.25, -0.2) is 4.79 Å². The molecule has 1 saturated carbocycles. The minimum atomic E-state index is -4.49. The molecule has 20 heavy (non-hydrogen) atoms. The molecule has 0 spiro atoms. The lowest BCUT2D eigenvalue weighted by Gasteiger charge is -2.30. The number of halogens is 3. The average Bonchev–Trinajstić information content (AvgIpc) is 3.08. The summed E-state index contributed by atoms with van der Waals surface area (Å²) in [5.41, 5.74) is 0. The number of hydrogen-bond donors (Lipinski definition) is 1. The van der Waals surface area contributed by atoms with Crippen molar-refractivity contribution in [1.29, 1.82) is 0 Å². The van der Waals surface area contributed by atoms with Crippen LogP contribution in [0.25, 0.3) is 0 Å². The molecule has 8 heteroatoms. The van der Waals surface area contributed by atoms with Crippen LogP contribution in [0.1, 0.15) is 26.2 Å². The third-order valence-corrected chi connectivity index (χ3v) is 2.91. The van der Waals surface area contributed by atoms with E-state index >= 15 is 0 Å². The third kappa shape index (κ3) is 6.12. The molecule has 2 amide bonds. The topological polar surface area (TPSA) is 60.9 Å². The Bertz CT molecular complexity index is 356. The van der Waals surface area contributed by atoms with Crippen molar-refractivity contribution in [3.63, 3.8) is 0 Å². The van der Waals surface area contributed by atoms with E-state index in [0.29, 0.717) is 11.3 Å². The van der Waals surface area contributed by atoms with Gasteiger partial charge < -0.3 is 14.9 Å². The van der Waals surface area contributed by atoms with E-state index in [9.17, 15) is 22.8 Å². The lowest BCUT2D eigenvalue weighted by atomic mass is 10.3. The summed E-state index contributed by atoms with van der Waals surface area (Å²) in [5.74, 6) is -1.00. The molecule has 116 valence electrons. The Morgan fingerprint density at radius 2 is 1.85 bits per heavy atom. The number of carbonyl (C=O) groups excluding carboxylic acids is 1. The molecule has 1 fully saturated rings. The highest BCUT2D eigenvalue weighted by Crippen LogP contribution is 2.30. The third-order valence-electron chi connectivity index (χ3n) is 2.91. The van der Waals surface area contributed by atoms with Gasteiger partial charge in [-0.3, -0.25) is 4.79 Å². The van der Waals surface area contributed by atoms with Crippen LogP contribution in [-0.4, -0.2) is 59.3 Å². The van der Waals surface area contributed by atoms with Gasteiger partial charge in [0.25, 0.3) is 0 Å². The Balaban J connectivity index is 2.72. The van der Waals surface area contributed by atoms with Crippen LogP contribution in [0.15, 0.2) is 0 Å². The van der Waals surface area contributed by atoms with Crippen molar-refractivity contribution in [2.75, 3.05) is 26.2 Å². The number of aliphatic carboxylic acids is 1. The maximum atomic E-state index is 12.5. The zero-order valence-electron chi connectivity index (χ0n) is 11.3. The zero-order valence-corrected chi connectivity index (χ0v) is 11.3. The smallest absolute Gasteiger partial charge is 0.406 e. The molecule has 0 bridgehead atoms. The van der Waals surface area contributed by atoms with Gasteiger partial charge in [-0.15, -0.1) is 0 Å². The molecule has 0 aliphatic heterocycles. The van der Waals surface area contributed by atoms with Crippen molar-refractivity contribution in [3.8, 4) is 0 Å². The summed E-state index contributed by atoms with van der Waals surface area (Å²) in [7, 11) is 0. The molecule has 1 aliphatic carbocycles. The molecule has 0 unspecified atom stereocenters. The van der Waals surface area contributed by atoms with Crippen LogP contribution < -0.4 is 0 Å². The van der Waals surface area contributed by atoms with Crippen LogP contribution in [0.5, 0.6) is 0 Å². The zero-order chi connectivity index (χ0) is 15.3. The number of amides is 2. The van der Waals surface area contributed by atoms with E-state index in [1.54, 1.807) is 6.92 Å². The van der Waals surface area contributed by atoms with Crippen LogP contribution in [-0.2, 0) is 4.79 Å². The predicted molar refractivity (Wildman–Crippen MR) is 65.2 cm³/mol. The highest BCUT2D eigenvalue weighted by molar-refractivity contribution is 5.80. The molecule has 0 saturated heterocycles. The molecule has 0 aromatic heterocycles. The number of urea groups is 1. The predicted octanol–water partition coefficient (Wildman–Crippen LogP) is 2.18. The molecule has 0 heterocycles. The van der Waals surface area contributed by atoms with Gasteiger partial charge in [0.1, 0.15) is 13.1 Å². The van der Waals surface area contributed by atoms with Crippen molar-refractivity contribution < 1.29 is 27.9 Å². The molecule has 1 N–H and O–H groups in total. The van der Waals surface area contributed by atoms with E-state index in [0.717, 1.165) is 17.7 Å². The summed E-state index contributed by atoms with van der Waals surface area (Å²) in [6.07, 6.45) is -2.33. The monoisotopic (exact) mass is 296 g/mol. The quantitative estimate of drug-likeness (QED) is 0.783. The van der Waals surface area contributed by atoms with E-state index in [1.165, 1.54) is 0 Å². The maximum absolute atomic E-state index is 12.5. The summed E-state index contributed by atoms with van der Waals surface area (Å²) in [6, 6.07) is -0.849. The lowest BCUT2D eigenvalue weighted by Crippen LogP contribution is -2.49. The van der Waals surface area contributed by atoms with Crippen LogP contribution in [0.4, 0.5) is 18.0 Å². The molecule has 0 aromatic rings. The Kier molecular flexibility index (Phi) is 5.64. The number of carboxylic acid groups (broad SMARTS) is 1. The van der Waals surface area contributed by atoms with Gasteiger partial charge in [0.15, 0.2) is 0 Å². The number of rotatable bonds is 7. The van der Waals surface area contributed by atoms with Gasteiger partial charge in [0.2, 0.25) is 0 Å². The summed E-state index contributed by atoms with van der Waals surface area (Å²) in [4.78, 5) is 24.5. The van der Waals surface area contributed by atoms with Crippen LogP contribution in [0.3, 0.4) is 0 Å². The van der Waals surface area contributed by atoms with E-state index in [2.05, 4.69) is 0 Å². The second-order valence-corrected chi connectivity index (χ2v) is 5.04. The Hall–Kier alpha value is -1.47. The van der Waals surface area contributed by atoms with E-state index in [4.69, 9.17) is 5.11 Å². The largest absolute Gasteiger partial charge is 0.480 e. The number of hydrogen-bond acceptors (Lipinski definition) is 2. The van der Waals surface area contributed by atoms with Crippen LogP contribution in [0.2, 0.25) is 0 Å². The minimum Gasteiger partial charge on any atom is -0.480 e. The maximum Gasteiger partial charge on any atom is 0.406 e. The van der Waals surface area contributed by atoms with E-state index < -0.39 is 31.3 Å². The second kappa shape index (κ2) is 6.81. The first-order valence-corrected chi connectivity index (χ1v) is 6.55. The molecule has 1 rings (SSSR count). The van der Waals surface area contributed by atoms with Crippen LogP contribution >= 0.6 is 0 Å². The van der Waals surface area contributed by atoms with Crippen molar-refractivity contribution in [3.05, 3.63) is 0 Å². The fourth-order valence-corrected chi connectivity index (χ4v) is 1.91. The lowest BCUT2D eigenvalue weighted by molar-refractivity contribution is -0.142. The van der Waals surface area contributed by atoms with Crippen LogP contribution in [0, 0.1) is 5.92 Å². The van der Waals surface area contributed by atoms with Gasteiger partial charge in [-0.05, 0) is 25.2 Å². The molecule has 0 radical (unpaired) electrons. The van der Waals surface area contributed by atoms with Gasteiger partial charge in [-0.1, -0.05) is 6.92 Å². The Labute approximate surface area is 115 Å². The second-order valence-electron chi connectivity index (χ2n) is 5.04. The summed E-state index contributed by atoms with van der Waals surface area (Å²) in [5, 5.41) is 8.78. The molecule has 1 aliphatic rings. The normalized spacial score (nSPS) is 15.0. The highest BCUT2D eigenvalue weighted by atomic mass is 19.4. The van der Waals surface area contributed by atoms with Gasteiger partial charge in [0.05, 0.1) is 0 Å². The Morgan fingerprint density at radius 1 is 1.25 bits per heavy atom. The fraction of sp³-hybridized carbons (Fsp3) is 0.833. The summed E-state index contributed by atoms with van der Waals surface area (Å²) >= 11 is 0. The first kappa shape index (κ1) is 16.6. The first-order chi connectivity index (χ1) is 9.23. The Morgan fingerprint density at radius 3 is 2.25 bits per heavy atom. The van der Waals surface area contributed by atoms with E-state index in [1.807, 2.05) is 0 Å². The summed E-state index contributed by atoms with van der Waals surface area (Å²) < 4.78 is 37.4. The summed E-state index contributed by atoms with van der Waals surface area (Å²) in [6.45, 7) is -0.0741. The van der Waals surface area contributed by atoms with Crippen molar-refractivity contribution >= 4 is 12.0 Å². The SMILES string of the molecule is CCCN(CC(F)(F)F)C(=O)N(CC(=O)O)CC1CC1. The average molecular weight is 296 g/mol. The molecule has 5 nitrogen and oxygen atoms in total. The van der Waals surface area contributed by atoms with Crippen molar-refractivity contribution in [1.82, 2.24) is 9.80 Å². The van der Waals surface area contributed by atoms with Gasteiger partial charge >= 0.3 is 18.2 Å².